The van der Waals surface area contributed by atoms with Crippen LogP contribution in [0, 0.1) is 11.3 Å². The summed E-state index contributed by atoms with van der Waals surface area (Å²) in [6.07, 6.45) is -4.51. The first-order valence-corrected chi connectivity index (χ1v) is 6.45. The van der Waals surface area contributed by atoms with Crippen LogP contribution in [0.5, 0.6) is 11.5 Å². The van der Waals surface area contributed by atoms with Gasteiger partial charge in [-0.3, -0.25) is 0 Å². The molecule has 0 heterocycles. The van der Waals surface area contributed by atoms with Gasteiger partial charge < -0.3 is 10.5 Å². The predicted molar refractivity (Wildman–Crippen MR) is 74.8 cm³/mol. The van der Waals surface area contributed by atoms with Crippen molar-refractivity contribution in [3.63, 3.8) is 0 Å². The summed E-state index contributed by atoms with van der Waals surface area (Å²) in [5, 5.41) is 8.98. The molecule has 0 atom stereocenters. The van der Waals surface area contributed by atoms with Crippen LogP contribution in [0.3, 0.4) is 0 Å². The number of benzene rings is 2. The summed E-state index contributed by atoms with van der Waals surface area (Å²) >= 11 is 3.24. The highest BCUT2D eigenvalue weighted by atomic mass is 79.9. The molecule has 0 aromatic heterocycles. The molecule has 21 heavy (non-hydrogen) atoms. The van der Waals surface area contributed by atoms with Crippen molar-refractivity contribution in [2.45, 2.75) is 6.18 Å². The Morgan fingerprint density at radius 3 is 2.43 bits per heavy atom. The molecule has 0 radical (unpaired) electrons. The molecule has 0 amide bonds. The zero-order valence-corrected chi connectivity index (χ0v) is 12.0. The lowest BCUT2D eigenvalue weighted by molar-refractivity contribution is -0.137. The lowest BCUT2D eigenvalue weighted by Gasteiger charge is -2.12. The van der Waals surface area contributed by atoms with E-state index in [0.29, 0.717) is 15.9 Å². The maximum Gasteiger partial charge on any atom is 0.416 e. The fourth-order valence-corrected chi connectivity index (χ4v) is 1.93. The summed E-state index contributed by atoms with van der Waals surface area (Å²) in [4.78, 5) is 0. The second kappa shape index (κ2) is 5.66. The van der Waals surface area contributed by atoms with E-state index in [4.69, 9.17) is 15.7 Å². The van der Waals surface area contributed by atoms with E-state index in [0.717, 1.165) is 18.2 Å². The number of anilines is 1. The monoisotopic (exact) mass is 356 g/mol. The quantitative estimate of drug-likeness (QED) is 0.792. The minimum atomic E-state index is -4.51. The van der Waals surface area contributed by atoms with Crippen LogP contribution in [-0.2, 0) is 6.18 Å². The summed E-state index contributed by atoms with van der Waals surface area (Å²) in [5.41, 5.74) is 4.93. The van der Waals surface area contributed by atoms with Crippen molar-refractivity contribution < 1.29 is 17.9 Å². The van der Waals surface area contributed by atoms with Gasteiger partial charge in [-0.25, -0.2) is 0 Å². The zero-order chi connectivity index (χ0) is 15.6. The third-order valence-electron chi connectivity index (χ3n) is 2.60. The molecule has 0 aliphatic rings. The molecule has 2 N–H and O–H groups in total. The average molecular weight is 357 g/mol. The van der Waals surface area contributed by atoms with Crippen molar-refractivity contribution in [2.75, 3.05) is 5.73 Å². The van der Waals surface area contributed by atoms with Gasteiger partial charge in [0.15, 0.2) is 0 Å². The molecule has 0 aliphatic carbocycles. The maximum absolute atomic E-state index is 12.6. The first kappa shape index (κ1) is 15.2. The van der Waals surface area contributed by atoms with Crippen LogP contribution >= 0.6 is 15.9 Å². The number of hydrogen-bond donors (Lipinski definition) is 1. The van der Waals surface area contributed by atoms with Crippen molar-refractivity contribution >= 4 is 21.6 Å². The molecule has 0 aliphatic heterocycles. The standard InChI is InChI=1S/C14H8BrF3N2O/c15-11-3-2-10(20)6-13(11)21-12-4-1-9(14(16,17)18)5-8(12)7-19/h1-6H,20H2. The molecule has 0 saturated heterocycles. The minimum Gasteiger partial charge on any atom is -0.455 e. The van der Waals surface area contributed by atoms with E-state index in [1.807, 2.05) is 0 Å². The molecule has 7 heteroatoms. The van der Waals surface area contributed by atoms with Gasteiger partial charge in [0, 0.05) is 11.8 Å². The van der Waals surface area contributed by atoms with Gasteiger partial charge in [0.1, 0.15) is 17.6 Å². The summed E-state index contributed by atoms with van der Waals surface area (Å²) in [6.45, 7) is 0. The van der Waals surface area contributed by atoms with Crippen LogP contribution in [0.1, 0.15) is 11.1 Å². The smallest absolute Gasteiger partial charge is 0.416 e. The lowest BCUT2D eigenvalue weighted by atomic mass is 10.1. The van der Waals surface area contributed by atoms with E-state index >= 15 is 0 Å². The van der Waals surface area contributed by atoms with Crippen LogP contribution in [0.2, 0.25) is 0 Å². The number of hydrogen-bond acceptors (Lipinski definition) is 3. The van der Waals surface area contributed by atoms with Gasteiger partial charge in [-0.15, -0.1) is 0 Å². The van der Waals surface area contributed by atoms with E-state index in [1.54, 1.807) is 18.2 Å². The molecule has 0 spiro atoms. The Morgan fingerprint density at radius 2 is 1.81 bits per heavy atom. The second-order valence-electron chi connectivity index (χ2n) is 4.11. The normalized spacial score (nSPS) is 11.0. The molecule has 2 rings (SSSR count). The second-order valence-corrected chi connectivity index (χ2v) is 4.97. The van der Waals surface area contributed by atoms with Crippen molar-refractivity contribution in [2.24, 2.45) is 0 Å². The fraction of sp³-hybridized carbons (Fsp3) is 0.0714. The van der Waals surface area contributed by atoms with Gasteiger partial charge >= 0.3 is 6.18 Å². The Hall–Kier alpha value is -2.20. The number of rotatable bonds is 2. The number of nitriles is 1. The van der Waals surface area contributed by atoms with E-state index in [1.165, 1.54) is 6.07 Å². The highest BCUT2D eigenvalue weighted by Gasteiger charge is 2.31. The van der Waals surface area contributed by atoms with Crippen LogP contribution < -0.4 is 10.5 Å². The molecular formula is C14H8BrF3N2O. The lowest BCUT2D eigenvalue weighted by Crippen LogP contribution is -2.05. The van der Waals surface area contributed by atoms with E-state index in [9.17, 15) is 13.2 Å². The fourth-order valence-electron chi connectivity index (χ4n) is 1.60. The summed E-state index contributed by atoms with van der Waals surface area (Å²) in [7, 11) is 0. The largest absolute Gasteiger partial charge is 0.455 e. The van der Waals surface area contributed by atoms with Gasteiger partial charge in [0.05, 0.1) is 15.6 Å². The van der Waals surface area contributed by atoms with Gasteiger partial charge in [-0.05, 0) is 46.3 Å². The van der Waals surface area contributed by atoms with E-state index in [2.05, 4.69) is 15.9 Å². The molecule has 0 saturated carbocycles. The number of nitrogens with zero attached hydrogens (tertiary/aromatic N) is 1. The Balaban J connectivity index is 2.41. The molecular weight excluding hydrogens is 349 g/mol. The molecule has 108 valence electrons. The molecule has 0 bridgehead atoms. The molecule has 3 nitrogen and oxygen atoms in total. The number of ether oxygens (including phenoxy) is 1. The maximum atomic E-state index is 12.6. The van der Waals surface area contributed by atoms with Gasteiger partial charge in [0.25, 0.3) is 0 Å². The Labute approximate surface area is 126 Å². The van der Waals surface area contributed by atoms with E-state index < -0.39 is 11.7 Å². The average Bonchev–Trinajstić information content (AvgIpc) is 2.42. The number of alkyl halides is 3. The topological polar surface area (TPSA) is 59.0 Å². The van der Waals surface area contributed by atoms with Gasteiger partial charge in [-0.1, -0.05) is 0 Å². The predicted octanol–water partition coefficient (Wildman–Crippen LogP) is 4.71. The number of nitrogen functional groups attached to an aromatic ring is 1. The summed E-state index contributed by atoms with van der Waals surface area (Å²) in [6, 6.07) is 9.18. The number of nitrogens with two attached hydrogens (primary N) is 1. The van der Waals surface area contributed by atoms with Gasteiger partial charge in [-0.2, -0.15) is 18.4 Å². The minimum absolute atomic E-state index is 0.0248. The van der Waals surface area contributed by atoms with Gasteiger partial charge in [0.2, 0.25) is 0 Å². The molecule has 2 aromatic carbocycles. The molecule has 0 unspecified atom stereocenters. The Bertz CT molecular complexity index is 723. The first-order valence-electron chi connectivity index (χ1n) is 5.65. The van der Waals surface area contributed by atoms with Crippen LogP contribution in [0.15, 0.2) is 40.9 Å². The van der Waals surface area contributed by atoms with Crippen LogP contribution in [-0.4, -0.2) is 0 Å². The van der Waals surface area contributed by atoms with Crippen molar-refractivity contribution in [1.82, 2.24) is 0 Å². The van der Waals surface area contributed by atoms with Crippen molar-refractivity contribution in [3.05, 3.63) is 52.0 Å². The third-order valence-corrected chi connectivity index (χ3v) is 3.26. The molecule has 2 aromatic rings. The SMILES string of the molecule is N#Cc1cc(C(F)(F)F)ccc1Oc1cc(N)ccc1Br. The van der Waals surface area contributed by atoms with Crippen LogP contribution in [0.25, 0.3) is 0 Å². The van der Waals surface area contributed by atoms with Crippen molar-refractivity contribution in [1.29, 1.82) is 5.26 Å². The molecule has 0 fully saturated rings. The highest BCUT2D eigenvalue weighted by Crippen LogP contribution is 2.36. The highest BCUT2D eigenvalue weighted by molar-refractivity contribution is 9.10. The van der Waals surface area contributed by atoms with E-state index in [-0.39, 0.29) is 11.3 Å². The zero-order valence-electron chi connectivity index (χ0n) is 10.4. The number of halogens is 4. The first-order chi connectivity index (χ1) is 9.81. The summed E-state index contributed by atoms with van der Waals surface area (Å²) < 4.78 is 43.8. The Morgan fingerprint density at radius 1 is 1.10 bits per heavy atom. The third kappa shape index (κ3) is 3.47. The van der Waals surface area contributed by atoms with Crippen LogP contribution in [0.4, 0.5) is 18.9 Å². The van der Waals surface area contributed by atoms with Crippen molar-refractivity contribution in [3.8, 4) is 17.6 Å². The Kier molecular flexibility index (Phi) is 4.09. The summed E-state index contributed by atoms with van der Waals surface area (Å²) in [5.74, 6) is 0.336.